The summed E-state index contributed by atoms with van der Waals surface area (Å²) in [5.74, 6) is 0.310. The van der Waals surface area contributed by atoms with E-state index in [0.29, 0.717) is 12.5 Å². The number of hydrogen-bond acceptors (Lipinski definition) is 4. The fourth-order valence-electron chi connectivity index (χ4n) is 5.95. The van der Waals surface area contributed by atoms with Crippen LogP contribution in [0.3, 0.4) is 0 Å². The molecule has 1 saturated carbocycles. The van der Waals surface area contributed by atoms with Gasteiger partial charge in [-0.3, -0.25) is 14.6 Å². The second-order valence-corrected chi connectivity index (χ2v) is 10.6. The van der Waals surface area contributed by atoms with E-state index in [4.69, 9.17) is 0 Å². The largest absolute Gasteiger partial charge is 0.378 e. The van der Waals surface area contributed by atoms with Crippen LogP contribution in [-0.2, 0) is 17.8 Å². The van der Waals surface area contributed by atoms with Crippen molar-refractivity contribution in [2.45, 2.75) is 51.1 Å². The molecule has 1 aliphatic carbocycles. The summed E-state index contributed by atoms with van der Waals surface area (Å²) in [5, 5.41) is 0. The van der Waals surface area contributed by atoms with E-state index >= 15 is 0 Å². The second kappa shape index (κ2) is 10.5. The van der Waals surface area contributed by atoms with Crippen LogP contribution in [0.15, 0.2) is 42.5 Å². The Hall–Kier alpha value is -2.37. The highest BCUT2D eigenvalue weighted by Crippen LogP contribution is 2.28. The quantitative estimate of drug-likeness (QED) is 0.667. The zero-order valence-electron chi connectivity index (χ0n) is 21.0. The molecule has 0 spiro atoms. The van der Waals surface area contributed by atoms with Crippen molar-refractivity contribution in [1.29, 1.82) is 0 Å². The van der Waals surface area contributed by atoms with Crippen LogP contribution in [0.1, 0.15) is 43.2 Å². The predicted molar refractivity (Wildman–Crippen MR) is 140 cm³/mol. The maximum Gasteiger partial charge on any atom is 0.236 e. The van der Waals surface area contributed by atoms with E-state index in [-0.39, 0.29) is 0 Å². The molecular weight excluding hydrogens is 420 g/mol. The van der Waals surface area contributed by atoms with Crippen LogP contribution in [0, 0.1) is 0 Å². The molecule has 5 nitrogen and oxygen atoms in total. The van der Waals surface area contributed by atoms with Crippen LogP contribution in [-0.4, -0.2) is 80.0 Å². The standard InChI is InChI=1S/C29H40N4O/c1-30(2)27-12-10-23(11-13-27)24-8-9-26-21-31(15-14-25(26)20-24)22-29(34)33-18-16-32(17-19-33)28-6-4-3-5-7-28/h8-13,20,28H,3-7,14-19,21-22H2,1-2H3. The summed E-state index contributed by atoms with van der Waals surface area (Å²) in [7, 11) is 4.14. The molecular formula is C29H40N4O. The predicted octanol–water partition coefficient (Wildman–Crippen LogP) is 4.25. The van der Waals surface area contributed by atoms with Crippen LogP contribution in [0.5, 0.6) is 0 Å². The van der Waals surface area contributed by atoms with Crippen LogP contribution in [0.2, 0.25) is 0 Å². The van der Waals surface area contributed by atoms with E-state index in [9.17, 15) is 4.79 Å². The Kier molecular flexibility index (Phi) is 7.21. The van der Waals surface area contributed by atoms with Crippen molar-refractivity contribution in [3.8, 4) is 11.1 Å². The van der Waals surface area contributed by atoms with Gasteiger partial charge in [0.1, 0.15) is 0 Å². The van der Waals surface area contributed by atoms with Crippen molar-refractivity contribution in [3.63, 3.8) is 0 Å². The number of benzene rings is 2. The van der Waals surface area contributed by atoms with Crippen LogP contribution < -0.4 is 4.90 Å². The molecule has 2 heterocycles. The molecule has 2 aliphatic heterocycles. The number of anilines is 1. The van der Waals surface area contributed by atoms with Gasteiger partial charge in [-0.1, -0.05) is 49.6 Å². The van der Waals surface area contributed by atoms with Crippen molar-refractivity contribution < 1.29 is 4.79 Å². The Morgan fingerprint density at radius 2 is 1.56 bits per heavy atom. The molecule has 0 atom stereocenters. The van der Waals surface area contributed by atoms with E-state index < -0.39 is 0 Å². The molecule has 0 radical (unpaired) electrons. The molecule has 0 unspecified atom stereocenters. The van der Waals surface area contributed by atoms with Gasteiger partial charge in [0, 0.05) is 65.1 Å². The van der Waals surface area contributed by atoms with Gasteiger partial charge in [0.25, 0.3) is 0 Å². The molecule has 5 rings (SSSR count). The van der Waals surface area contributed by atoms with Gasteiger partial charge < -0.3 is 9.80 Å². The van der Waals surface area contributed by atoms with Gasteiger partial charge in [0.15, 0.2) is 0 Å². The lowest BCUT2D eigenvalue weighted by Crippen LogP contribution is -2.54. The van der Waals surface area contributed by atoms with E-state index in [1.54, 1.807) is 0 Å². The van der Waals surface area contributed by atoms with E-state index in [1.807, 2.05) is 0 Å². The van der Waals surface area contributed by atoms with Crippen molar-refractivity contribution in [3.05, 3.63) is 53.6 Å². The topological polar surface area (TPSA) is 30.0 Å². The number of carbonyl (C=O) groups is 1. The highest BCUT2D eigenvalue weighted by Gasteiger charge is 2.28. The first-order chi connectivity index (χ1) is 16.6. The molecule has 0 aromatic heterocycles. The maximum absolute atomic E-state index is 13.0. The minimum absolute atomic E-state index is 0.310. The summed E-state index contributed by atoms with van der Waals surface area (Å²) < 4.78 is 0. The van der Waals surface area contributed by atoms with Crippen LogP contribution >= 0.6 is 0 Å². The molecule has 1 amide bonds. The number of piperazine rings is 1. The normalized spacial score (nSPS) is 20.2. The molecule has 34 heavy (non-hydrogen) atoms. The third-order valence-corrected chi connectivity index (χ3v) is 8.13. The third-order valence-electron chi connectivity index (χ3n) is 8.13. The summed E-state index contributed by atoms with van der Waals surface area (Å²) in [4.78, 5) is 22.3. The molecule has 2 aromatic carbocycles. The lowest BCUT2D eigenvalue weighted by Gasteiger charge is -2.41. The van der Waals surface area contributed by atoms with Crippen LogP contribution in [0.4, 0.5) is 5.69 Å². The van der Waals surface area contributed by atoms with E-state index in [2.05, 4.69) is 76.2 Å². The van der Waals surface area contributed by atoms with Gasteiger partial charge in [-0.15, -0.1) is 0 Å². The number of amides is 1. The first kappa shape index (κ1) is 23.4. The Morgan fingerprint density at radius 3 is 2.26 bits per heavy atom. The minimum Gasteiger partial charge on any atom is -0.378 e. The number of hydrogen-bond donors (Lipinski definition) is 0. The maximum atomic E-state index is 13.0. The number of rotatable bonds is 5. The zero-order chi connectivity index (χ0) is 23.5. The van der Waals surface area contributed by atoms with E-state index in [0.717, 1.165) is 51.7 Å². The summed E-state index contributed by atoms with van der Waals surface area (Å²) in [6, 6.07) is 16.4. The first-order valence-electron chi connectivity index (χ1n) is 13.2. The van der Waals surface area contributed by atoms with Gasteiger partial charge >= 0.3 is 0 Å². The first-order valence-corrected chi connectivity index (χ1v) is 13.2. The molecule has 2 aromatic rings. The Morgan fingerprint density at radius 1 is 0.853 bits per heavy atom. The fourth-order valence-corrected chi connectivity index (χ4v) is 5.95. The van der Waals surface area contributed by atoms with E-state index in [1.165, 1.54) is 60.0 Å². The van der Waals surface area contributed by atoms with Crippen molar-refractivity contribution in [1.82, 2.24) is 14.7 Å². The zero-order valence-corrected chi connectivity index (χ0v) is 21.0. The molecule has 5 heteroatoms. The van der Waals surface area contributed by atoms with Gasteiger partial charge in [-0.05, 0) is 53.6 Å². The summed E-state index contributed by atoms with van der Waals surface area (Å²) in [5.41, 5.74) is 6.56. The monoisotopic (exact) mass is 460 g/mol. The molecule has 0 N–H and O–H groups in total. The third kappa shape index (κ3) is 5.31. The Bertz CT molecular complexity index is 972. The molecule has 0 bridgehead atoms. The molecule has 2 fully saturated rings. The molecule has 182 valence electrons. The SMILES string of the molecule is CN(C)c1ccc(-c2ccc3c(c2)CCN(CC(=O)N2CCN(C4CCCCC4)CC2)C3)cc1. The number of nitrogens with zero attached hydrogens (tertiary/aromatic N) is 4. The number of carbonyl (C=O) groups excluding carboxylic acids is 1. The van der Waals surface area contributed by atoms with Crippen molar-refractivity contribution in [2.24, 2.45) is 0 Å². The summed E-state index contributed by atoms with van der Waals surface area (Å²) in [6.45, 7) is 6.30. The average Bonchev–Trinajstić information content (AvgIpc) is 2.89. The van der Waals surface area contributed by atoms with Crippen molar-refractivity contribution >= 4 is 11.6 Å². The highest BCUT2D eigenvalue weighted by molar-refractivity contribution is 5.78. The van der Waals surface area contributed by atoms with Crippen molar-refractivity contribution in [2.75, 3.05) is 58.3 Å². The summed E-state index contributed by atoms with van der Waals surface area (Å²) >= 11 is 0. The van der Waals surface area contributed by atoms with Gasteiger partial charge in [0.2, 0.25) is 5.91 Å². The van der Waals surface area contributed by atoms with Gasteiger partial charge in [0.05, 0.1) is 6.54 Å². The van der Waals surface area contributed by atoms with Gasteiger partial charge in [-0.2, -0.15) is 0 Å². The molecule has 3 aliphatic rings. The Labute approximate surface area is 205 Å². The number of fused-ring (bicyclic) bond motifs is 1. The highest BCUT2D eigenvalue weighted by atomic mass is 16.2. The van der Waals surface area contributed by atoms with Gasteiger partial charge in [-0.25, -0.2) is 0 Å². The fraction of sp³-hybridized carbons (Fsp3) is 0.552. The summed E-state index contributed by atoms with van der Waals surface area (Å²) in [6.07, 6.45) is 7.88. The lowest BCUT2D eigenvalue weighted by atomic mass is 9.94. The lowest BCUT2D eigenvalue weighted by molar-refractivity contribution is -0.134. The Balaban J connectivity index is 1.14. The second-order valence-electron chi connectivity index (χ2n) is 10.6. The average molecular weight is 461 g/mol. The molecule has 1 saturated heterocycles. The minimum atomic E-state index is 0.310. The van der Waals surface area contributed by atoms with Crippen LogP contribution in [0.25, 0.3) is 11.1 Å². The smallest absolute Gasteiger partial charge is 0.236 e.